The van der Waals surface area contributed by atoms with Crippen molar-refractivity contribution in [1.29, 1.82) is 0 Å². The fourth-order valence-electron chi connectivity index (χ4n) is 3.69. The standard InChI is InChI=1S/C23H34N4O8/c1-18(28)33-25-12-10-24(22(23(31)32-4)21-8-6-5-7-9-21)11-13-26(34-19(2)29)15-17-27(16-14-25)35-20(3)30/h5-9,22H,10-17H2,1-4H3. The predicted molar refractivity (Wildman–Crippen MR) is 123 cm³/mol. The lowest BCUT2D eigenvalue weighted by Crippen LogP contribution is -2.48. The maximum absolute atomic E-state index is 12.8. The third kappa shape index (κ3) is 9.99. The fourth-order valence-corrected chi connectivity index (χ4v) is 3.69. The Labute approximate surface area is 205 Å². The Morgan fingerprint density at radius 1 is 0.657 bits per heavy atom. The van der Waals surface area contributed by atoms with Crippen LogP contribution in [-0.4, -0.2) is 103 Å². The van der Waals surface area contributed by atoms with E-state index in [0.29, 0.717) is 13.1 Å². The summed E-state index contributed by atoms with van der Waals surface area (Å²) in [5, 5.41) is 4.36. The van der Waals surface area contributed by atoms with E-state index in [1.807, 2.05) is 35.2 Å². The Kier molecular flexibility index (Phi) is 11.6. The highest BCUT2D eigenvalue weighted by molar-refractivity contribution is 5.77. The first kappa shape index (κ1) is 28.2. The van der Waals surface area contributed by atoms with Crippen molar-refractivity contribution in [1.82, 2.24) is 20.1 Å². The summed E-state index contributed by atoms with van der Waals surface area (Å²) in [5.41, 5.74) is 0.741. The summed E-state index contributed by atoms with van der Waals surface area (Å²) in [6.07, 6.45) is 0. The molecule has 12 nitrogen and oxygen atoms in total. The van der Waals surface area contributed by atoms with Gasteiger partial charge in [0.2, 0.25) is 0 Å². The zero-order chi connectivity index (χ0) is 25.8. The molecular weight excluding hydrogens is 460 g/mol. The molecular formula is C23H34N4O8. The van der Waals surface area contributed by atoms with Gasteiger partial charge in [0, 0.05) is 47.0 Å². The van der Waals surface area contributed by atoms with E-state index in [0.717, 1.165) is 5.56 Å². The molecule has 0 radical (unpaired) electrons. The van der Waals surface area contributed by atoms with Gasteiger partial charge in [-0.2, -0.15) is 0 Å². The van der Waals surface area contributed by atoms with Gasteiger partial charge >= 0.3 is 23.9 Å². The van der Waals surface area contributed by atoms with E-state index < -0.39 is 29.9 Å². The molecule has 35 heavy (non-hydrogen) atoms. The lowest BCUT2D eigenvalue weighted by molar-refractivity contribution is -0.218. The predicted octanol–water partition coefficient (Wildman–Crippen LogP) is 0.557. The minimum absolute atomic E-state index is 0.236. The van der Waals surface area contributed by atoms with Crippen LogP contribution in [0, 0.1) is 0 Å². The Morgan fingerprint density at radius 3 is 1.37 bits per heavy atom. The van der Waals surface area contributed by atoms with E-state index in [1.165, 1.54) is 43.1 Å². The average molecular weight is 495 g/mol. The maximum Gasteiger partial charge on any atom is 0.327 e. The summed E-state index contributed by atoms with van der Waals surface area (Å²) in [5.74, 6) is -1.92. The van der Waals surface area contributed by atoms with Crippen molar-refractivity contribution in [2.45, 2.75) is 26.8 Å². The second-order valence-electron chi connectivity index (χ2n) is 7.91. The summed E-state index contributed by atoms with van der Waals surface area (Å²) in [6.45, 7) is 6.02. The first-order valence-electron chi connectivity index (χ1n) is 11.4. The van der Waals surface area contributed by atoms with Crippen LogP contribution in [0.1, 0.15) is 32.4 Å². The van der Waals surface area contributed by atoms with Crippen molar-refractivity contribution in [2.75, 3.05) is 59.5 Å². The van der Waals surface area contributed by atoms with Gasteiger partial charge in [-0.15, -0.1) is 15.2 Å². The minimum Gasteiger partial charge on any atom is -0.468 e. The molecule has 0 aromatic heterocycles. The first-order chi connectivity index (χ1) is 16.7. The molecule has 1 atom stereocenters. The topological polar surface area (TPSA) is 118 Å². The SMILES string of the molecule is COC(=O)C(c1ccccc1)N1CCN(OC(C)=O)CCN(OC(C)=O)CCN(OC(C)=O)CC1. The molecule has 2 rings (SSSR count). The van der Waals surface area contributed by atoms with Gasteiger partial charge in [-0.05, 0) is 5.56 Å². The van der Waals surface area contributed by atoms with Crippen LogP contribution in [-0.2, 0) is 38.4 Å². The van der Waals surface area contributed by atoms with Gasteiger partial charge in [0.15, 0.2) is 0 Å². The number of methoxy groups -OCH3 is 1. The molecule has 0 saturated carbocycles. The molecule has 1 fully saturated rings. The van der Waals surface area contributed by atoms with Crippen LogP contribution >= 0.6 is 0 Å². The lowest BCUT2D eigenvalue weighted by Gasteiger charge is -2.35. The molecule has 1 heterocycles. The molecule has 0 spiro atoms. The smallest absolute Gasteiger partial charge is 0.327 e. The quantitative estimate of drug-likeness (QED) is 0.514. The molecule has 12 heteroatoms. The maximum atomic E-state index is 12.8. The van der Waals surface area contributed by atoms with Crippen molar-refractivity contribution < 1.29 is 38.4 Å². The third-order valence-corrected chi connectivity index (χ3v) is 5.15. The van der Waals surface area contributed by atoms with Gasteiger partial charge in [-0.25, -0.2) is 4.79 Å². The highest BCUT2D eigenvalue weighted by Gasteiger charge is 2.30. The Morgan fingerprint density at radius 2 is 1.03 bits per heavy atom. The minimum atomic E-state index is -0.722. The highest BCUT2D eigenvalue weighted by atomic mass is 16.7. The van der Waals surface area contributed by atoms with E-state index >= 15 is 0 Å². The van der Waals surface area contributed by atoms with Crippen LogP contribution in [0.3, 0.4) is 0 Å². The summed E-state index contributed by atoms with van der Waals surface area (Å²) >= 11 is 0. The van der Waals surface area contributed by atoms with E-state index in [9.17, 15) is 19.2 Å². The van der Waals surface area contributed by atoms with E-state index in [-0.39, 0.29) is 39.3 Å². The molecule has 1 aromatic rings. The summed E-state index contributed by atoms with van der Waals surface area (Å²) in [6, 6.07) is 8.47. The van der Waals surface area contributed by atoms with Crippen LogP contribution in [0.4, 0.5) is 0 Å². The zero-order valence-electron chi connectivity index (χ0n) is 20.7. The molecule has 1 unspecified atom stereocenters. The van der Waals surface area contributed by atoms with Gasteiger partial charge in [0.25, 0.3) is 0 Å². The van der Waals surface area contributed by atoms with Crippen molar-refractivity contribution in [3.63, 3.8) is 0 Å². The van der Waals surface area contributed by atoms with Crippen molar-refractivity contribution in [2.24, 2.45) is 0 Å². The molecule has 0 N–H and O–H groups in total. The van der Waals surface area contributed by atoms with E-state index in [1.54, 1.807) is 0 Å². The van der Waals surface area contributed by atoms with Crippen LogP contribution in [0.15, 0.2) is 30.3 Å². The number of carbonyl (C=O) groups excluding carboxylic acids is 4. The van der Waals surface area contributed by atoms with Gasteiger partial charge < -0.3 is 19.2 Å². The Hall–Kier alpha value is -3.06. The summed E-state index contributed by atoms with van der Waals surface area (Å²) in [4.78, 5) is 65.6. The number of nitrogens with zero attached hydrogens (tertiary/aromatic N) is 4. The second kappa shape index (κ2) is 14.4. The second-order valence-corrected chi connectivity index (χ2v) is 7.91. The van der Waals surface area contributed by atoms with E-state index in [2.05, 4.69) is 0 Å². The van der Waals surface area contributed by atoms with Crippen molar-refractivity contribution >= 4 is 23.9 Å². The number of hydrogen-bond donors (Lipinski definition) is 0. The summed E-state index contributed by atoms with van der Waals surface area (Å²) in [7, 11) is 1.33. The molecule has 0 amide bonds. The average Bonchev–Trinajstić information content (AvgIpc) is 2.80. The zero-order valence-corrected chi connectivity index (χ0v) is 20.7. The van der Waals surface area contributed by atoms with Crippen LogP contribution in [0.25, 0.3) is 0 Å². The number of benzene rings is 1. The van der Waals surface area contributed by atoms with Crippen LogP contribution < -0.4 is 0 Å². The normalized spacial score (nSPS) is 18.4. The molecule has 1 aromatic carbocycles. The lowest BCUT2D eigenvalue weighted by atomic mass is 10.1. The molecule has 194 valence electrons. The molecule has 1 aliphatic rings. The monoisotopic (exact) mass is 494 g/mol. The molecule has 0 bridgehead atoms. The van der Waals surface area contributed by atoms with Crippen LogP contribution in [0.5, 0.6) is 0 Å². The fraction of sp³-hybridized carbons (Fsp3) is 0.565. The number of hydrogen-bond acceptors (Lipinski definition) is 12. The van der Waals surface area contributed by atoms with Gasteiger partial charge in [0.05, 0.1) is 33.3 Å². The van der Waals surface area contributed by atoms with Gasteiger partial charge in [-0.1, -0.05) is 30.3 Å². The number of carbonyl (C=O) groups is 4. The van der Waals surface area contributed by atoms with Crippen molar-refractivity contribution in [3.05, 3.63) is 35.9 Å². The number of esters is 1. The van der Waals surface area contributed by atoms with Crippen molar-refractivity contribution in [3.8, 4) is 0 Å². The third-order valence-electron chi connectivity index (χ3n) is 5.15. The largest absolute Gasteiger partial charge is 0.468 e. The molecule has 1 saturated heterocycles. The van der Waals surface area contributed by atoms with Gasteiger partial charge in [-0.3, -0.25) is 19.3 Å². The number of rotatable bonds is 6. The Bertz CT molecular complexity index is 821. The molecule has 0 aliphatic carbocycles. The molecule has 1 aliphatic heterocycles. The summed E-state index contributed by atoms with van der Waals surface area (Å²) < 4.78 is 5.09. The Balaban J connectivity index is 2.34. The number of ether oxygens (including phenoxy) is 1. The highest BCUT2D eigenvalue weighted by Crippen LogP contribution is 2.22. The van der Waals surface area contributed by atoms with Gasteiger partial charge in [0.1, 0.15) is 6.04 Å². The van der Waals surface area contributed by atoms with Crippen LogP contribution in [0.2, 0.25) is 0 Å². The first-order valence-corrected chi connectivity index (χ1v) is 11.4. The van der Waals surface area contributed by atoms with E-state index in [4.69, 9.17) is 19.2 Å². The number of hydroxylamine groups is 6.